The van der Waals surface area contributed by atoms with Crippen LogP contribution in [0.5, 0.6) is 0 Å². The molecule has 19 heavy (non-hydrogen) atoms. The summed E-state index contributed by atoms with van der Waals surface area (Å²) < 4.78 is 26.8. The van der Waals surface area contributed by atoms with Crippen molar-refractivity contribution in [1.82, 2.24) is 10.2 Å². The molecule has 1 unspecified atom stereocenters. The summed E-state index contributed by atoms with van der Waals surface area (Å²) in [7, 11) is 4.05. The van der Waals surface area contributed by atoms with E-state index in [1.54, 1.807) is 0 Å². The van der Waals surface area contributed by atoms with Gasteiger partial charge in [-0.1, -0.05) is 13.8 Å². The highest BCUT2D eigenvalue weighted by Crippen LogP contribution is 2.20. The van der Waals surface area contributed by atoms with Gasteiger partial charge in [0.25, 0.3) is 0 Å². The second kappa shape index (κ2) is 6.44. The number of nitrogens with zero attached hydrogens (tertiary/aromatic N) is 1. The lowest BCUT2D eigenvalue weighted by atomic mass is 9.92. The van der Waals surface area contributed by atoms with Crippen LogP contribution in [-0.2, 0) is 0 Å². The molecular weight excluding hydrogens is 246 g/mol. The first-order chi connectivity index (χ1) is 8.71. The molecule has 2 nitrogen and oxygen atoms in total. The molecule has 1 rings (SSSR count). The topological polar surface area (TPSA) is 15.3 Å². The third kappa shape index (κ3) is 5.25. The minimum absolute atomic E-state index is 0.0710. The van der Waals surface area contributed by atoms with E-state index < -0.39 is 5.82 Å². The third-order valence-electron chi connectivity index (χ3n) is 3.06. The Balaban J connectivity index is 2.65. The molecule has 1 N–H and O–H groups in total. The number of benzene rings is 1. The number of halogens is 2. The lowest BCUT2D eigenvalue weighted by Gasteiger charge is -2.30. The van der Waals surface area contributed by atoms with Gasteiger partial charge in [0.1, 0.15) is 11.6 Å². The van der Waals surface area contributed by atoms with Crippen molar-refractivity contribution in [3.8, 4) is 0 Å². The zero-order valence-corrected chi connectivity index (χ0v) is 12.4. The molecule has 0 aliphatic heterocycles. The van der Waals surface area contributed by atoms with E-state index in [0.717, 1.165) is 19.2 Å². The van der Waals surface area contributed by atoms with Crippen molar-refractivity contribution in [1.29, 1.82) is 0 Å². The van der Waals surface area contributed by atoms with Crippen LogP contribution in [0.2, 0.25) is 0 Å². The number of nitrogens with one attached hydrogen (secondary N) is 1. The maximum absolute atomic E-state index is 13.6. The van der Waals surface area contributed by atoms with Gasteiger partial charge in [-0.2, -0.15) is 0 Å². The molecule has 0 aromatic heterocycles. The van der Waals surface area contributed by atoms with Gasteiger partial charge in [-0.25, -0.2) is 8.78 Å². The molecule has 0 radical (unpaired) electrons. The maximum Gasteiger partial charge on any atom is 0.128 e. The van der Waals surface area contributed by atoms with Gasteiger partial charge in [-0.15, -0.1) is 0 Å². The van der Waals surface area contributed by atoms with Crippen LogP contribution in [0.15, 0.2) is 18.2 Å². The van der Waals surface area contributed by atoms with E-state index in [1.165, 1.54) is 12.1 Å². The van der Waals surface area contributed by atoms with Crippen molar-refractivity contribution in [3.05, 3.63) is 35.4 Å². The summed E-state index contributed by atoms with van der Waals surface area (Å²) in [5.41, 5.74) is 0.447. The lowest BCUT2D eigenvalue weighted by Crippen LogP contribution is -2.38. The standard InChI is InChI=1S/C15H24F2N2/c1-11(13-8-12(16)6-7-14(13)17)18-9-15(2,3)10-19(4)5/h6-8,11,18H,9-10H2,1-5H3. The Bertz CT molecular complexity index is 417. The Morgan fingerprint density at radius 1 is 1.26 bits per heavy atom. The number of hydrogen-bond donors (Lipinski definition) is 1. The fourth-order valence-corrected chi connectivity index (χ4v) is 2.30. The summed E-state index contributed by atoms with van der Waals surface area (Å²) in [6.07, 6.45) is 0. The van der Waals surface area contributed by atoms with Crippen LogP contribution in [0.3, 0.4) is 0 Å². The first kappa shape index (κ1) is 16.1. The maximum atomic E-state index is 13.6. The Labute approximate surface area is 114 Å². The highest BCUT2D eigenvalue weighted by atomic mass is 19.1. The van der Waals surface area contributed by atoms with Crippen molar-refractivity contribution >= 4 is 0 Å². The molecule has 0 aliphatic carbocycles. The molecule has 0 heterocycles. The third-order valence-corrected chi connectivity index (χ3v) is 3.06. The van der Waals surface area contributed by atoms with E-state index in [-0.39, 0.29) is 17.3 Å². The van der Waals surface area contributed by atoms with Gasteiger partial charge < -0.3 is 10.2 Å². The average Bonchev–Trinajstić information content (AvgIpc) is 2.27. The highest BCUT2D eigenvalue weighted by molar-refractivity contribution is 5.21. The molecule has 1 aromatic rings. The summed E-state index contributed by atoms with van der Waals surface area (Å²) in [6.45, 7) is 7.81. The van der Waals surface area contributed by atoms with E-state index in [1.807, 2.05) is 21.0 Å². The van der Waals surface area contributed by atoms with Crippen molar-refractivity contribution in [3.63, 3.8) is 0 Å². The summed E-state index contributed by atoms with van der Waals surface area (Å²) in [4.78, 5) is 2.12. The Kier molecular flexibility index (Phi) is 5.44. The van der Waals surface area contributed by atoms with Gasteiger partial charge in [-0.3, -0.25) is 0 Å². The number of hydrogen-bond acceptors (Lipinski definition) is 2. The van der Waals surface area contributed by atoms with Crippen molar-refractivity contribution in [2.24, 2.45) is 5.41 Å². The highest BCUT2D eigenvalue weighted by Gasteiger charge is 2.20. The van der Waals surface area contributed by atoms with Gasteiger partial charge in [0.2, 0.25) is 0 Å². The smallest absolute Gasteiger partial charge is 0.128 e. The van der Waals surface area contributed by atoms with Crippen LogP contribution in [0.1, 0.15) is 32.4 Å². The molecule has 1 aromatic carbocycles. The van der Waals surface area contributed by atoms with E-state index in [9.17, 15) is 8.78 Å². The molecule has 0 spiro atoms. The van der Waals surface area contributed by atoms with Crippen molar-refractivity contribution in [2.45, 2.75) is 26.8 Å². The first-order valence-corrected chi connectivity index (χ1v) is 6.54. The Hall–Kier alpha value is -1.00. The van der Waals surface area contributed by atoms with Gasteiger partial charge in [0, 0.05) is 24.7 Å². The molecule has 0 amide bonds. The zero-order valence-electron chi connectivity index (χ0n) is 12.4. The quantitative estimate of drug-likeness (QED) is 0.854. The van der Waals surface area contributed by atoms with Crippen LogP contribution >= 0.6 is 0 Å². The zero-order chi connectivity index (χ0) is 14.6. The second-order valence-corrected chi connectivity index (χ2v) is 6.17. The Morgan fingerprint density at radius 3 is 2.47 bits per heavy atom. The predicted octanol–water partition coefficient (Wildman–Crippen LogP) is 3.20. The minimum atomic E-state index is -0.405. The largest absolute Gasteiger partial charge is 0.310 e. The molecule has 0 saturated heterocycles. The van der Waals surface area contributed by atoms with Crippen LogP contribution < -0.4 is 5.32 Å². The predicted molar refractivity (Wildman–Crippen MR) is 75.1 cm³/mol. The fraction of sp³-hybridized carbons (Fsp3) is 0.600. The summed E-state index contributed by atoms with van der Waals surface area (Å²) >= 11 is 0. The lowest BCUT2D eigenvalue weighted by molar-refractivity contribution is 0.226. The van der Waals surface area contributed by atoms with E-state index in [2.05, 4.69) is 24.1 Å². The molecule has 0 bridgehead atoms. The second-order valence-electron chi connectivity index (χ2n) is 6.17. The van der Waals surface area contributed by atoms with E-state index in [4.69, 9.17) is 0 Å². The monoisotopic (exact) mass is 270 g/mol. The van der Waals surface area contributed by atoms with E-state index in [0.29, 0.717) is 5.56 Å². The normalized spacial score (nSPS) is 13.9. The van der Waals surface area contributed by atoms with Crippen LogP contribution in [-0.4, -0.2) is 32.1 Å². The van der Waals surface area contributed by atoms with Gasteiger partial charge >= 0.3 is 0 Å². The van der Waals surface area contributed by atoms with Gasteiger partial charge in [0.05, 0.1) is 0 Å². The molecule has 0 saturated carbocycles. The average molecular weight is 270 g/mol. The fourth-order valence-electron chi connectivity index (χ4n) is 2.30. The SMILES string of the molecule is CC(NCC(C)(C)CN(C)C)c1cc(F)ccc1F. The van der Waals surface area contributed by atoms with Gasteiger partial charge in [0.15, 0.2) is 0 Å². The van der Waals surface area contributed by atoms with Crippen molar-refractivity contribution < 1.29 is 8.78 Å². The molecule has 108 valence electrons. The van der Waals surface area contributed by atoms with Crippen LogP contribution in [0.4, 0.5) is 8.78 Å². The number of rotatable bonds is 6. The van der Waals surface area contributed by atoms with Crippen LogP contribution in [0.25, 0.3) is 0 Å². The molecule has 1 atom stereocenters. The summed E-state index contributed by atoms with van der Waals surface area (Å²) in [6, 6.07) is 3.36. The molecular formula is C15H24F2N2. The van der Waals surface area contributed by atoms with Crippen molar-refractivity contribution in [2.75, 3.05) is 27.2 Å². The van der Waals surface area contributed by atoms with Crippen LogP contribution in [0, 0.1) is 17.0 Å². The van der Waals surface area contributed by atoms with Gasteiger partial charge in [-0.05, 0) is 44.6 Å². The molecule has 0 aliphatic rings. The summed E-state index contributed by atoms with van der Waals surface area (Å²) in [5, 5.41) is 3.28. The molecule has 0 fully saturated rings. The summed E-state index contributed by atoms with van der Waals surface area (Å²) in [5.74, 6) is -0.774. The Morgan fingerprint density at radius 2 is 1.89 bits per heavy atom. The minimum Gasteiger partial charge on any atom is -0.310 e. The molecule has 4 heteroatoms. The van der Waals surface area contributed by atoms with E-state index >= 15 is 0 Å². The first-order valence-electron chi connectivity index (χ1n) is 6.54.